The van der Waals surface area contributed by atoms with Crippen LogP contribution in [-0.4, -0.2) is 24.6 Å². The van der Waals surface area contributed by atoms with Crippen LogP contribution in [0.25, 0.3) is 0 Å². The minimum atomic E-state index is 0.407. The molecule has 0 aliphatic heterocycles. The zero-order valence-electron chi connectivity index (χ0n) is 8.68. The van der Waals surface area contributed by atoms with E-state index in [1.54, 1.807) is 0 Å². The number of unbranched alkanes of at least 4 members (excludes halogenated alkanes) is 2. The van der Waals surface area contributed by atoms with Crippen LogP contribution in [0.5, 0.6) is 0 Å². The third-order valence-electron chi connectivity index (χ3n) is 2.10. The van der Waals surface area contributed by atoms with E-state index in [-0.39, 0.29) is 0 Å². The Kier molecular flexibility index (Phi) is 10.7. The van der Waals surface area contributed by atoms with Gasteiger partial charge in [-0.3, -0.25) is 0 Å². The lowest BCUT2D eigenvalue weighted by molar-refractivity contribution is 0.867. The molecular formula is C10H24P2. The van der Waals surface area contributed by atoms with Gasteiger partial charge in [0.1, 0.15) is 0 Å². The van der Waals surface area contributed by atoms with Crippen LogP contribution >= 0.6 is 17.2 Å². The monoisotopic (exact) mass is 206 g/mol. The maximum Gasteiger partial charge on any atom is -0.0291 e. The molecule has 0 nitrogen and oxygen atoms in total. The van der Waals surface area contributed by atoms with Crippen molar-refractivity contribution in [1.82, 2.24) is 0 Å². The Morgan fingerprint density at radius 2 is 1.42 bits per heavy atom. The lowest BCUT2D eigenvalue weighted by Gasteiger charge is -2.15. The van der Waals surface area contributed by atoms with Crippen molar-refractivity contribution < 1.29 is 0 Å². The molecule has 0 aromatic rings. The van der Waals surface area contributed by atoms with Crippen LogP contribution in [0.15, 0.2) is 0 Å². The smallest absolute Gasteiger partial charge is 0.0291 e. The van der Waals surface area contributed by atoms with Crippen LogP contribution in [0, 0.1) is 0 Å². The van der Waals surface area contributed by atoms with Crippen LogP contribution in [0.1, 0.15) is 39.5 Å². The molecule has 0 spiro atoms. The average Bonchev–Trinajstić information content (AvgIpc) is 2.10. The molecule has 0 N–H and O–H groups in total. The van der Waals surface area contributed by atoms with Gasteiger partial charge < -0.3 is 0 Å². The van der Waals surface area contributed by atoms with Crippen molar-refractivity contribution in [3.05, 3.63) is 0 Å². The van der Waals surface area contributed by atoms with Gasteiger partial charge in [0, 0.05) is 0 Å². The van der Waals surface area contributed by atoms with E-state index in [1.807, 2.05) is 0 Å². The second-order valence-corrected chi connectivity index (χ2v) is 6.60. The summed E-state index contributed by atoms with van der Waals surface area (Å²) >= 11 is 0. The molecule has 0 heterocycles. The Morgan fingerprint density at radius 3 is 1.75 bits per heavy atom. The summed E-state index contributed by atoms with van der Waals surface area (Å²) < 4.78 is 0. The molecule has 0 aromatic heterocycles. The molecule has 0 radical (unpaired) electrons. The predicted molar refractivity (Wildman–Crippen MR) is 65.9 cm³/mol. The first-order valence-corrected chi connectivity index (χ1v) is 7.99. The first kappa shape index (κ1) is 12.9. The first-order valence-electron chi connectivity index (χ1n) is 5.27. The van der Waals surface area contributed by atoms with Crippen LogP contribution in [0.4, 0.5) is 0 Å². The van der Waals surface area contributed by atoms with E-state index < -0.39 is 0 Å². The zero-order chi connectivity index (χ0) is 9.23. The fourth-order valence-electron chi connectivity index (χ4n) is 1.28. The van der Waals surface area contributed by atoms with Gasteiger partial charge in [-0.05, 0) is 37.5 Å². The van der Waals surface area contributed by atoms with Crippen molar-refractivity contribution in [2.75, 3.05) is 24.6 Å². The largest absolute Gasteiger partial charge is 0.137 e. The Bertz CT molecular complexity index is 75.9. The van der Waals surface area contributed by atoms with Gasteiger partial charge in [-0.1, -0.05) is 26.7 Å². The molecule has 0 saturated carbocycles. The van der Waals surface area contributed by atoms with Crippen molar-refractivity contribution in [2.24, 2.45) is 0 Å². The molecule has 0 aliphatic rings. The highest BCUT2D eigenvalue weighted by Gasteiger charge is 2.04. The summed E-state index contributed by atoms with van der Waals surface area (Å²) in [6, 6.07) is 0. The Balaban J connectivity index is 3.40. The summed E-state index contributed by atoms with van der Waals surface area (Å²) in [6.45, 7) is 4.60. The van der Waals surface area contributed by atoms with Crippen molar-refractivity contribution in [3.63, 3.8) is 0 Å². The van der Waals surface area contributed by atoms with E-state index in [2.05, 4.69) is 23.1 Å². The van der Waals surface area contributed by atoms with Gasteiger partial charge in [-0.25, -0.2) is 0 Å². The van der Waals surface area contributed by atoms with Gasteiger partial charge in [0.25, 0.3) is 0 Å². The van der Waals surface area contributed by atoms with E-state index >= 15 is 0 Å². The third-order valence-corrected chi connectivity index (χ3v) is 5.66. The minimum Gasteiger partial charge on any atom is -0.137 e. The lowest BCUT2D eigenvalue weighted by atomic mass is 10.4. The fourth-order valence-corrected chi connectivity index (χ4v) is 4.94. The highest BCUT2D eigenvalue weighted by atomic mass is 31.1. The molecule has 1 atom stereocenters. The highest BCUT2D eigenvalue weighted by Crippen LogP contribution is 2.37. The molecule has 1 unspecified atom stereocenters. The maximum absolute atomic E-state index is 2.87. The summed E-state index contributed by atoms with van der Waals surface area (Å²) in [6.07, 6.45) is 11.5. The van der Waals surface area contributed by atoms with Crippen LogP contribution in [0.2, 0.25) is 0 Å². The molecule has 0 bridgehead atoms. The van der Waals surface area contributed by atoms with Crippen LogP contribution < -0.4 is 0 Å². The van der Waals surface area contributed by atoms with Gasteiger partial charge in [-0.2, -0.15) is 0 Å². The molecule has 74 valence electrons. The number of hydrogen-bond acceptors (Lipinski definition) is 0. The van der Waals surface area contributed by atoms with Crippen molar-refractivity contribution in [1.29, 1.82) is 0 Å². The average molecular weight is 206 g/mol. The first-order chi connectivity index (χ1) is 5.85. The van der Waals surface area contributed by atoms with E-state index in [0.717, 1.165) is 0 Å². The highest BCUT2D eigenvalue weighted by molar-refractivity contribution is 7.58. The van der Waals surface area contributed by atoms with E-state index in [0.29, 0.717) is 7.92 Å². The quantitative estimate of drug-likeness (QED) is 0.527. The molecule has 0 rings (SSSR count). The van der Waals surface area contributed by atoms with Gasteiger partial charge in [-0.15, -0.1) is 17.2 Å². The van der Waals surface area contributed by atoms with E-state index in [4.69, 9.17) is 0 Å². The fraction of sp³-hybridized carbons (Fsp3) is 1.00. The van der Waals surface area contributed by atoms with Crippen molar-refractivity contribution in [3.8, 4) is 0 Å². The zero-order valence-corrected chi connectivity index (χ0v) is 10.7. The summed E-state index contributed by atoms with van der Waals surface area (Å²) in [5.74, 6) is 0. The molecule has 0 saturated heterocycles. The number of hydrogen-bond donors (Lipinski definition) is 0. The molecule has 2 heteroatoms. The molecule has 0 aliphatic carbocycles. The van der Waals surface area contributed by atoms with E-state index in [9.17, 15) is 0 Å². The normalized spacial score (nSPS) is 11.0. The van der Waals surface area contributed by atoms with Crippen molar-refractivity contribution in [2.45, 2.75) is 39.5 Å². The Morgan fingerprint density at radius 1 is 0.917 bits per heavy atom. The van der Waals surface area contributed by atoms with Crippen molar-refractivity contribution >= 4 is 17.2 Å². The standard InChI is InChI=1S/C10H24P2/c1-3-5-8-12(10-7-11)9-6-4-2/h3-11H2,1-2H3. The van der Waals surface area contributed by atoms with Gasteiger partial charge in [0.15, 0.2) is 0 Å². The molecule has 0 aromatic carbocycles. The second kappa shape index (κ2) is 9.94. The predicted octanol–water partition coefficient (Wildman–Crippen LogP) is 3.94. The second-order valence-electron chi connectivity index (χ2n) is 3.34. The Labute approximate surface area is 81.9 Å². The topological polar surface area (TPSA) is 0 Å². The molecule has 12 heavy (non-hydrogen) atoms. The van der Waals surface area contributed by atoms with Crippen LogP contribution in [-0.2, 0) is 0 Å². The van der Waals surface area contributed by atoms with Crippen LogP contribution in [0.3, 0.4) is 0 Å². The maximum atomic E-state index is 2.87. The minimum absolute atomic E-state index is 0.407. The summed E-state index contributed by atoms with van der Waals surface area (Å²) in [4.78, 5) is 0. The van der Waals surface area contributed by atoms with Gasteiger partial charge in [0.2, 0.25) is 0 Å². The van der Waals surface area contributed by atoms with Gasteiger partial charge >= 0.3 is 0 Å². The SMILES string of the molecule is CCCCP(CCP)CCCC. The summed E-state index contributed by atoms with van der Waals surface area (Å²) in [5, 5.41) is 0. The third kappa shape index (κ3) is 7.51. The molecule has 0 fully saturated rings. The van der Waals surface area contributed by atoms with Gasteiger partial charge in [0.05, 0.1) is 0 Å². The molecule has 0 amide bonds. The lowest BCUT2D eigenvalue weighted by Crippen LogP contribution is -1.96. The van der Waals surface area contributed by atoms with E-state index in [1.165, 1.54) is 50.3 Å². The number of rotatable bonds is 8. The summed E-state index contributed by atoms with van der Waals surface area (Å²) in [5.41, 5.74) is 0. The summed E-state index contributed by atoms with van der Waals surface area (Å²) in [7, 11) is 3.28. The Hall–Kier alpha value is 0.860. The molecular weight excluding hydrogens is 182 g/mol.